The van der Waals surface area contributed by atoms with Crippen molar-refractivity contribution in [3.05, 3.63) is 29.3 Å². The van der Waals surface area contributed by atoms with E-state index in [2.05, 4.69) is 6.92 Å². The molecule has 2 rings (SSSR count). The maximum absolute atomic E-state index is 12.3. The van der Waals surface area contributed by atoms with Crippen LogP contribution in [-0.2, 0) is 4.74 Å². The smallest absolute Gasteiger partial charge is 0.338 e. The van der Waals surface area contributed by atoms with Crippen LogP contribution in [0.3, 0.4) is 0 Å². The summed E-state index contributed by atoms with van der Waals surface area (Å²) in [4.78, 5) is 12.3. The van der Waals surface area contributed by atoms with Gasteiger partial charge in [-0.15, -0.1) is 0 Å². The van der Waals surface area contributed by atoms with Crippen LogP contribution in [0.1, 0.15) is 54.9 Å². The molecule has 3 nitrogen and oxygen atoms in total. The molecule has 2 atom stereocenters. The molecule has 0 heterocycles. The normalized spacial score (nSPS) is 23.1. The zero-order valence-electron chi connectivity index (χ0n) is 11.8. The van der Waals surface area contributed by atoms with Crippen LogP contribution < -0.4 is 5.73 Å². The molecule has 0 aromatic heterocycles. The number of esters is 1. The molecular formula is C16H23NO2. The summed E-state index contributed by atoms with van der Waals surface area (Å²) in [5, 5.41) is 0. The van der Waals surface area contributed by atoms with Crippen molar-refractivity contribution in [2.24, 2.45) is 5.92 Å². The summed E-state index contributed by atoms with van der Waals surface area (Å²) in [6.07, 6.45) is 5.73. The van der Waals surface area contributed by atoms with Gasteiger partial charge in [-0.2, -0.15) is 0 Å². The van der Waals surface area contributed by atoms with E-state index < -0.39 is 0 Å². The second kappa shape index (κ2) is 6.09. The van der Waals surface area contributed by atoms with E-state index in [1.54, 1.807) is 12.1 Å². The number of hydrogen-bond acceptors (Lipinski definition) is 3. The number of carbonyl (C=O) groups excluding carboxylic acids is 1. The van der Waals surface area contributed by atoms with Crippen LogP contribution in [0.15, 0.2) is 18.2 Å². The van der Waals surface area contributed by atoms with E-state index >= 15 is 0 Å². The van der Waals surface area contributed by atoms with Gasteiger partial charge >= 0.3 is 5.97 Å². The van der Waals surface area contributed by atoms with Crippen LogP contribution in [0.5, 0.6) is 0 Å². The Labute approximate surface area is 115 Å². The highest BCUT2D eigenvalue weighted by Crippen LogP contribution is 2.30. The Bertz CT molecular complexity index is 456. The molecule has 1 aliphatic carbocycles. The number of ether oxygens (including phenoxy) is 1. The first-order valence-electron chi connectivity index (χ1n) is 7.19. The Kier molecular flexibility index (Phi) is 4.46. The Morgan fingerprint density at radius 3 is 2.84 bits per heavy atom. The van der Waals surface area contributed by atoms with Crippen molar-refractivity contribution in [1.82, 2.24) is 0 Å². The summed E-state index contributed by atoms with van der Waals surface area (Å²) in [7, 11) is 0. The third kappa shape index (κ3) is 3.09. The van der Waals surface area contributed by atoms with Crippen LogP contribution in [0.2, 0.25) is 0 Å². The van der Waals surface area contributed by atoms with Crippen molar-refractivity contribution in [2.45, 2.75) is 52.1 Å². The van der Waals surface area contributed by atoms with Gasteiger partial charge in [-0.1, -0.05) is 19.4 Å². The molecule has 1 fully saturated rings. The molecule has 1 aromatic rings. The lowest BCUT2D eigenvalue weighted by molar-refractivity contribution is 0.000645. The van der Waals surface area contributed by atoms with Crippen molar-refractivity contribution >= 4 is 11.7 Å². The highest BCUT2D eigenvalue weighted by Gasteiger charge is 2.27. The van der Waals surface area contributed by atoms with Gasteiger partial charge < -0.3 is 10.5 Å². The fourth-order valence-corrected chi connectivity index (χ4v) is 2.87. The van der Waals surface area contributed by atoms with Gasteiger partial charge in [-0.25, -0.2) is 4.79 Å². The first-order valence-corrected chi connectivity index (χ1v) is 7.19. The number of nitrogen functional groups attached to an aromatic ring is 1. The largest absolute Gasteiger partial charge is 0.458 e. The highest BCUT2D eigenvalue weighted by molar-refractivity contribution is 5.92. The van der Waals surface area contributed by atoms with E-state index in [0.717, 1.165) is 24.8 Å². The molecule has 0 bridgehead atoms. The van der Waals surface area contributed by atoms with Crippen LogP contribution in [0.25, 0.3) is 0 Å². The minimum absolute atomic E-state index is 0.0760. The average molecular weight is 261 g/mol. The maximum atomic E-state index is 12.3. The number of benzene rings is 1. The van der Waals surface area contributed by atoms with Gasteiger partial charge in [0.2, 0.25) is 0 Å². The standard InChI is InChI=1S/C16H23NO2/c1-3-12-7-4-5-10-15(12)19-16(18)13-8-6-9-14(17)11(13)2/h6,8-9,12,15H,3-5,7,10,17H2,1-2H3. The van der Waals surface area contributed by atoms with Gasteiger partial charge in [-0.05, 0) is 56.2 Å². The van der Waals surface area contributed by atoms with Crippen LogP contribution in [-0.4, -0.2) is 12.1 Å². The lowest BCUT2D eigenvalue weighted by Crippen LogP contribution is -2.30. The Morgan fingerprint density at radius 1 is 1.37 bits per heavy atom. The van der Waals surface area contributed by atoms with Crippen molar-refractivity contribution in [2.75, 3.05) is 5.73 Å². The number of nitrogens with two attached hydrogens (primary N) is 1. The molecule has 2 unspecified atom stereocenters. The third-order valence-electron chi connectivity index (χ3n) is 4.22. The molecule has 0 saturated heterocycles. The monoisotopic (exact) mass is 261 g/mol. The lowest BCUT2D eigenvalue weighted by atomic mass is 9.85. The SMILES string of the molecule is CCC1CCCCC1OC(=O)c1cccc(N)c1C. The topological polar surface area (TPSA) is 52.3 Å². The quantitative estimate of drug-likeness (QED) is 0.666. The third-order valence-corrected chi connectivity index (χ3v) is 4.22. The Morgan fingerprint density at radius 2 is 2.11 bits per heavy atom. The molecule has 2 N–H and O–H groups in total. The summed E-state index contributed by atoms with van der Waals surface area (Å²) in [5.41, 5.74) is 7.89. The molecular weight excluding hydrogens is 238 g/mol. The highest BCUT2D eigenvalue weighted by atomic mass is 16.5. The molecule has 3 heteroatoms. The minimum atomic E-state index is -0.227. The predicted octanol–water partition coefficient (Wildman–Crippen LogP) is 3.70. The zero-order valence-corrected chi connectivity index (χ0v) is 11.8. The molecule has 19 heavy (non-hydrogen) atoms. The van der Waals surface area contributed by atoms with Crippen molar-refractivity contribution < 1.29 is 9.53 Å². The van der Waals surface area contributed by atoms with Gasteiger partial charge in [0.05, 0.1) is 5.56 Å². The fourth-order valence-electron chi connectivity index (χ4n) is 2.87. The Hall–Kier alpha value is -1.51. The summed E-state index contributed by atoms with van der Waals surface area (Å²) in [6, 6.07) is 5.40. The average Bonchev–Trinajstić information content (AvgIpc) is 2.42. The minimum Gasteiger partial charge on any atom is -0.458 e. The van der Waals surface area contributed by atoms with Crippen LogP contribution in [0.4, 0.5) is 5.69 Å². The zero-order chi connectivity index (χ0) is 13.8. The number of anilines is 1. The summed E-state index contributed by atoms with van der Waals surface area (Å²) in [5.74, 6) is 0.286. The molecule has 0 radical (unpaired) electrons. The van der Waals surface area contributed by atoms with Gasteiger partial charge in [-0.3, -0.25) is 0 Å². The first-order chi connectivity index (χ1) is 9.13. The van der Waals surface area contributed by atoms with Gasteiger partial charge in [0.15, 0.2) is 0 Å². The summed E-state index contributed by atoms with van der Waals surface area (Å²) >= 11 is 0. The summed E-state index contributed by atoms with van der Waals surface area (Å²) in [6.45, 7) is 4.03. The molecule has 1 aliphatic rings. The van der Waals surface area contributed by atoms with Gasteiger partial charge in [0, 0.05) is 5.69 Å². The summed E-state index contributed by atoms with van der Waals surface area (Å²) < 4.78 is 5.72. The Balaban J connectivity index is 2.09. The molecule has 1 aromatic carbocycles. The van der Waals surface area contributed by atoms with E-state index in [9.17, 15) is 4.79 Å². The number of hydrogen-bond donors (Lipinski definition) is 1. The van der Waals surface area contributed by atoms with E-state index in [1.807, 2.05) is 13.0 Å². The van der Waals surface area contributed by atoms with Gasteiger partial charge in [0.1, 0.15) is 6.10 Å². The van der Waals surface area contributed by atoms with Crippen molar-refractivity contribution in [1.29, 1.82) is 0 Å². The van der Waals surface area contributed by atoms with Crippen LogP contribution >= 0.6 is 0 Å². The van der Waals surface area contributed by atoms with Crippen LogP contribution in [0, 0.1) is 12.8 Å². The molecule has 0 spiro atoms. The van der Waals surface area contributed by atoms with E-state index in [1.165, 1.54) is 12.8 Å². The predicted molar refractivity (Wildman–Crippen MR) is 77.0 cm³/mol. The van der Waals surface area contributed by atoms with Crippen molar-refractivity contribution in [3.8, 4) is 0 Å². The number of rotatable bonds is 3. The van der Waals surface area contributed by atoms with Gasteiger partial charge in [0.25, 0.3) is 0 Å². The first kappa shape index (κ1) is 13.9. The second-order valence-corrected chi connectivity index (χ2v) is 5.42. The fraction of sp³-hybridized carbons (Fsp3) is 0.562. The van der Waals surface area contributed by atoms with E-state index in [-0.39, 0.29) is 12.1 Å². The molecule has 104 valence electrons. The molecule has 0 aliphatic heterocycles. The second-order valence-electron chi connectivity index (χ2n) is 5.42. The lowest BCUT2D eigenvalue weighted by Gasteiger charge is -2.30. The maximum Gasteiger partial charge on any atom is 0.338 e. The molecule has 0 amide bonds. The van der Waals surface area contributed by atoms with E-state index in [0.29, 0.717) is 17.2 Å². The molecule has 1 saturated carbocycles. The van der Waals surface area contributed by atoms with Crippen molar-refractivity contribution in [3.63, 3.8) is 0 Å². The number of carbonyl (C=O) groups is 1. The van der Waals surface area contributed by atoms with E-state index in [4.69, 9.17) is 10.5 Å².